The third kappa shape index (κ3) is 5.54. The molecule has 2 heterocycles. The fourth-order valence-electron chi connectivity index (χ4n) is 3.96. The van der Waals surface area contributed by atoms with E-state index in [1.807, 2.05) is 91.9 Å². The summed E-state index contributed by atoms with van der Waals surface area (Å²) in [4.78, 5) is 18.4. The zero-order valence-electron chi connectivity index (χ0n) is 20.3. The van der Waals surface area contributed by atoms with Crippen molar-refractivity contribution in [3.05, 3.63) is 113 Å². The van der Waals surface area contributed by atoms with Crippen LogP contribution in [-0.2, 0) is 12.8 Å². The molecular formula is C29H25N5O3. The highest BCUT2D eigenvalue weighted by Crippen LogP contribution is 2.23. The SMILES string of the molecule is Cc1oc(-c2ccccc2)nc1CCOc1cccc(Cc2nn(-c3ccccc3)nc2C(=O)C=N)c1. The molecule has 0 amide bonds. The van der Waals surface area contributed by atoms with Gasteiger partial charge in [-0.25, -0.2) is 4.98 Å². The zero-order valence-corrected chi connectivity index (χ0v) is 20.3. The van der Waals surface area contributed by atoms with Gasteiger partial charge in [0.05, 0.1) is 29.9 Å². The van der Waals surface area contributed by atoms with Crippen LogP contribution in [0.25, 0.3) is 17.1 Å². The van der Waals surface area contributed by atoms with Crippen LogP contribution in [0.3, 0.4) is 0 Å². The minimum absolute atomic E-state index is 0.168. The van der Waals surface area contributed by atoms with Crippen molar-refractivity contribution in [2.45, 2.75) is 19.8 Å². The van der Waals surface area contributed by atoms with Gasteiger partial charge >= 0.3 is 0 Å². The van der Waals surface area contributed by atoms with Crippen LogP contribution < -0.4 is 4.74 Å². The standard InChI is InChI=1S/C29H25N5O3/c1-20-25(31-29(37-20)22-10-4-2-5-11-22)15-16-36-24-14-8-9-21(17-24)18-26-28(27(35)19-30)33-34(32-26)23-12-6-3-7-13-23/h2-14,17,19,30H,15-16,18H2,1H3. The van der Waals surface area contributed by atoms with Gasteiger partial charge in [0, 0.05) is 18.4 Å². The summed E-state index contributed by atoms with van der Waals surface area (Å²) in [5.41, 5.74) is 4.13. The monoisotopic (exact) mass is 491 g/mol. The third-order valence-electron chi connectivity index (χ3n) is 5.83. The smallest absolute Gasteiger partial charge is 0.226 e. The number of Topliss-reactive ketones (excluding diaryl/α,β-unsaturated/α-hetero) is 1. The number of rotatable bonds is 10. The Bertz CT molecular complexity index is 1520. The van der Waals surface area contributed by atoms with Crippen LogP contribution >= 0.6 is 0 Å². The van der Waals surface area contributed by atoms with E-state index < -0.39 is 5.78 Å². The summed E-state index contributed by atoms with van der Waals surface area (Å²) < 4.78 is 11.8. The van der Waals surface area contributed by atoms with Crippen LogP contribution in [0, 0.1) is 12.3 Å². The van der Waals surface area contributed by atoms with E-state index in [1.165, 1.54) is 4.80 Å². The summed E-state index contributed by atoms with van der Waals surface area (Å²) >= 11 is 0. The molecule has 5 aromatic rings. The number of nitrogens with one attached hydrogen (secondary N) is 1. The quantitative estimate of drug-likeness (QED) is 0.211. The second-order valence-corrected chi connectivity index (χ2v) is 8.44. The maximum absolute atomic E-state index is 12.3. The number of nitrogens with zero attached hydrogens (tertiary/aromatic N) is 4. The van der Waals surface area contributed by atoms with Gasteiger partial charge in [-0.05, 0) is 48.9 Å². The molecule has 0 fully saturated rings. The molecule has 2 aromatic heterocycles. The summed E-state index contributed by atoms with van der Waals surface area (Å²) in [6.45, 7) is 2.35. The molecule has 184 valence electrons. The minimum Gasteiger partial charge on any atom is -0.493 e. The first-order valence-electron chi connectivity index (χ1n) is 11.9. The van der Waals surface area contributed by atoms with E-state index in [4.69, 9.17) is 14.6 Å². The van der Waals surface area contributed by atoms with E-state index in [2.05, 4.69) is 15.2 Å². The lowest BCUT2D eigenvalue weighted by Gasteiger charge is -2.07. The van der Waals surface area contributed by atoms with Crippen molar-refractivity contribution < 1.29 is 13.9 Å². The summed E-state index contributed by atoms with van der Waals surface area (Å²) in [6, 6.07) is 26.8. The summed E-state index contributed by atoms with van der Waals surface area (Å²) in [5.74, 6) is 1.61. The molecule has 8 heteroatoms. The normalized spacial score (nSPS) is 10.8. The van der Waals surface area contributed by atoms with E-state index in [9.17, 15) is 4.79 Å². The number of hydrogen-bond acceptors (Lipinski definition) is 7. The largest absolute Gasteiger partial charge is 0.493 e. The Morgan fingerprint density at radius 2 is 1.73 bits per heavy atom. The fraction of sp³-hybridized carbons (Fsp3) is 0.138. The molecule has 0 saturated heterocycles. The molecule has 37 heavy (non-hydrogen) atoms. The van der Waals surface area contributed by atoms with E-state index in [0.29, 0.717) is 36.8 Å². The molecular weight excluding hydrogens is 466 g/mol. The molecule has 1 N–H and O–H groups in total. The van der Waals surface area contributed by atoms with E-state index in [0.717, 1.165) is 34.5 Å². The van der Waals surface area contributed by atoms with Crippen molar-refractivity contribution in [3.63, 3.8) is 0 Å². The number of aryl methyl sites for hydroxylation is 1. The number of ketones is 1. The number of carbonyl (C=O) groups is 1. The van der Waals surface area contributed by atoms with Crippen LogP contribution in [0.15, 0.2) is 89.3 Å². The lowest BCUT2D eigenvalue weighted by atomic mass is 10.1. The Balaban J connectivity index is 1.27. The molecule has 0 aliphatic rings. The number of aromatic nitrogens is 4. The average molecular weight is 492 g/mol. The number of carbonyl (C=O) groups excluding carboxylic acids is 1. The highest BCUT2D eigenvalue weighted by atomic mass is 16.5. The van der Waals surface area contributed by atoms with Crippen molar-refractivity contribution in [1.82, 2.24) is 20.0 Å². The Labute approximate surface area is 214 Å². The van der Waals surface area contributed by atoms with Crippen LogP contribution in [0.1, 0.15) is 33.2 Å². The fourth-order valence-corrected chi connectivity index (χ4v) is 3.96. The number of oxazole rings is 1. The molecule has 0 unspecified atom stereocenters. The summed E-state index contributed by atoms with van der Waals surface area (Å²) in [6.07, 6.45) is 1.75. The van der Waals surface area contributed by atoms with Crippen LogP contribution in [0.2, 0.25) is 0 Å². The molecule has 0 bridgehead atoms. The van der Waals surface area contributed by atoms with Crippen LogP contribution in [-0.4, -0.2) is 38.6 Å². The molecule has 0 spiro atoms. The topological polar surface area (TPSA) is 107 Å². The van der Waals surface area contributed by atoms with Gasteiger partial charge in [0.25, 0.3) is 0 Å². The predicted molar refractivity (Wildman–Crippen MR) is 140 cm³/mol. The minimum atomic E-state index is -0.484. The highest BCUT2D eigenvalue weighted by molar-refractivity contribution is 6.33. The molecule has 0 aliphatic carbocycles. The molecule has 5 rings (SSSR count). The molecule has 3 aromatic carbocycles. The first-order valence-corrected chi connectivity index (χ1v) is 11.9. The molecule has 0 radical (unpaired) electrons. The van der Waals surface area contributed by atoms with Crippen molar-refractivity contribution in [3.8, 4) is 22.9 Å². The first-order chi connectivity index (χ1) is 18.1. The van der Waals surface area contributed by atoms with Gasteiger partial charge in [-0.1, -0.05) is 48.5 Å². The number of hydrogen-bond donors (Lipinski definition) is 1. The number of benzene rings is 3. The Hall–Kier alpha value is -4.85. The van der Waals surface area contributed by atoms with Gasteiger partial charge in [0.15, 0.2) is 5.69 Å². The Morgan fingerprint density at radius 3 is 2.49 bits per heavy atom. The summed E-state index contributed by atoms with van der Waals surface area (Å²) in [7, 11) is 0. The first kappa shape index (κ1) is 23.9. The maximum atomic E-state index is 12.3. The molecule has 8 nitrogen and oxygen atoms in total. The van der Waals surface area contributed by atoms with Gasteiger partial charge in [0.1, 0.15) is 11.5 Å². The van der Waals surface area contributed by atoms with E-state index >= 15 is 0 Å². The van der Waals surface area contributed by atoms with Crippen LogP contribution in [0.4, 0.5) is 0 Å². The predicted octanol–water partition coefficient (Wildman–Crippen LogP) is 5.28. The number of ether oxygens (including phenoxy) is 1. The van der Waals surface area contributed by atoms with Gasteiger partial charge in [-0.3, -0.25) is 4.79 Å². The van der Waals surface area contributed by atoms with E-state index in [-0.39, 0.29) is 5.69 Å². The van der Waals surface area contributed by atoms with Crippen LogP contribution in [0.5, 0.6) is 5.75 Å². The highest BCUT2D eigenvalue weighted by Gasteiger charge is 2.18. The Morgan fingerprint density at radius 1 is 0.973 bits per heavy atom. The van der Waals surface area contributed by atoms with Gasteiger partial charge < -0.3 is 14.6 Å². The van der Waals surface area contributed by atoms with Crippen molar-refractivity contribution >= 4 is 12.0 Å². The zero-order chi connectivity index (χ0) is 25.6. The van der Waals surface area contributed by atoms with Crippen molar-refractivity contribution in [1.29, 1.82) is 5.41 Å². The van der Waals surface area contributed by atoms with Crippen molar-refractivity contribution in [2.75, 3.05) is 6.61 Å². The van der Waals surface area contributed by atoms with Gasteiger partial charge in [-0.2, -0.15) is 9.90 Å². The molecule has 0 saturated carbocycles. The average Bonchev–Trinajstić information content (AvgIpc) is 3.53. The Kier molecular flexibility index (Phi) is 6.98. The molecule has 0 aliphatic heterocycles. The summed E-state index contributed by atoms with van der Waals surface area (Å²) in [5, 5.41) is 16.3. The maximum Gasteiger partial charge on any atom is 0.226 e. The third-order valence-corrected chi connectivity index (χ3v) is 5.83. The van der Waals surface area contributed by atoms with Gasteiger partial charge in [-0.15, -0.1) is 5.10 Å². The van der Waals surface area contributed by atoms with Crippen molar-refractivity contribution in [2.24, 2.45) is 0 Å². The lowest BCUT2D eigenvalue weighted by Crippen LogP contribution is -2.06. The number of para-hydroxylation sites is 1. The second-order valence-electron chi connectivity index (χ2n) is 8.44. The van der Waals surface area contributed by atoms with E-state index in [1.54, 1.807) is 0 Å². The van der Waals surface area contributed by atoms with Gasteiger partial charge in [0.2, 0.25) is 11.7 Å². The second kappa shape index (κ2) is 10.8. The lowest BCUT2D eigenvalue weighted by molar-refractivity contribution is 0.106. The molecule has 0 atom stereocenters.